The minimum absolute atomic E-state index is 0.0816. The molecule has 1 fully saturated rings. The number of nitro groups is 1. The number of nitrogens with zero attached hydrogens (tertiary/aromatic N) is 2. The highest BCUT2D eigenvalue weighted by Gasteiger charge is 2.29. The van der Waals surface area contributed by atoms with E-state index >= 15 is 0 Å². The standard InChI is InChI=1S/C7H15NO.C5H3BrN2O2.C2H6/c1-7(2)5-8-4-3-6(7)9;6-4-1-2-5(7-3-4)8(9)10;1-2/h6,8-9H,3-5H2,1-2H3;1-3H;1-2H3. The van der Waals surface area contributed by atoms with Crippen molar-refractivity contribution in [3.63, 3.8) is 0 Å². The van der Waals surface area contributed by atoms with E-state index in [9.17, 15) is 15.2 Å². The zero-order valence-electron chi connectivity index (χ0n) is 13.0. The Morgan fingerprint density at radius 1 is 1.48 bits per heavy atom. The molecule has 21 heavy (non-hydrogen) atoms. The predicted molar refractivity (Wildman–Crippen MR) is 87.2 cm³/mol. The second-order valence-corrected chi connectivity index (χ2v) is 5.98. The maximum atomic E-state index is 10.0. The van der Waals surface area contributed by atoms with E-state index in [1.165, 1.54) is 12.3 Å². The second-order valence-electron chi connectivity index (χ2n) is 5.06. The molecule has 1 unspecified atom stereocenters. The summed E-state index contributed by atoms with van der Waals surface area (Å²) in [4.78, 5) is 13.0. The van der Waals surface area contributed by atoms with Crippen molar-refractivity contribution in [1.29, 1.82) is 0 Å². The van der Waals surface area contributed by atoms with E-state index in [4.69, 9.17) is 0 Å². The number of pyridine rings is 1. The molecule has 0 radical (unpaired) electrons. The Bertz CT molecular complexity index is 424. The van der Waals surface area contributed by atoms with Crippen LogP contribution in [0.15, 0.2) is 22.8 Å². The maximum Gasteiger partial charge on any atom is 0.363 e. The number of aliphatic hydroxyl groups excluding tert-OH is 1. The van der Waals surface area contributed by atoms with Gasteiger partial charge in [0.05, 0.1) is 10.6 Å². The number of halogens is 1. The Labute approximate surface area is 134 Å². The molecule has 1 saturated heterocycles. The fraction of sp³-hybridized carbons (Fsp3) is 0.643. The third-order valence-electron chi connectivity index (χ3n) is 2.98. The summed E-state index contributed by atoms with van der Waals surface area (Å²) in [5.74, 6) is -0.136. The van der Waals surface area contributed by atoms with Crippen molar-refractivity contribution in [3.8, 4) is 0 Å². The van der Waals surface area contributed by atoms with Gasteiger partial charge in [-0.25, -0.2) is 0 Å². The van der Waals surface area contributed by atoms with Crippen LogP contribution in [0.25, 0.3) is 0 Å². The van der Waals surface area contributed by atoms with Crippen LogP contribution in [-0.2, 0) is 0 Å². The summed E-state index contributed by atoms with van der Waals surface area (Å²) in [6.07, 6.45) is 2.17. The van der Waals surface area contributed by atoms with E-state index in [1.807, 2.05) is 13.8 Å². The van der Waals surface area contributed by atoms with Gasteiger partial charge in [0.25, 0.3) is 0 Å². The third-order valence-corrected chi connectivity index (χ3v) is 3.45. The molecule has 0 aromatic carbocycles. The van der Waals surface area contributed by atoms with Gasteiger partial charge in [-0.2, -0.15) is 0 Å². The Hall–Kier alpha value is -1.05. The Kier molecular flexibility index (Phi) is 9.32. The maximum absolute atomic E-state index is 10.0. The molecule has 120 valence electrons. The molecule has 1 aromatic heterocycles. The first-order chi connectivity index (χ1) is 9.83. The van der Waals surface area contributed by atoms with Crippen LogP contribution in [-0.4, -0.2) is 34.2 Å². The highest BCUT2D eigenvalue weighted by atomic mass is 79.9. The minimum Gasteiger partial charge on any atom is -0.392 e. The van der Waals surface area contributed by atoms with Crippen molar-refractivity contribution in [2.24, 2.45) is 5.41 Å². The highest BCUT2D eigenvalue weighted by Crippen LogP contribution is 2.24. The Balaban J connectivity index is 0.000000342. The van der Waals surface area contributed by atoms with Crippen LogP contribution in [0, 0.1) is 15.5 Å². The molecule has 0 aliphatic carbocycles. The predicted octanol–water partition coefficient (Wildman–Crippen LogP) is 3.15. The van der Waals surface area contributed by atoms with Crippen molar-refractivity contribution in [2.45, 2.75) is 40.2 Å². The van der Waals surface area contributed by atoms with Gasteiger partial charge in [-0.05, 0) is 44.9 Å². The summed E-state index contributed by atoms with van der Waals surface area (Å²) in [6.45, 7) is 10.1. The highest BCUT2D eigenvalue weighted by molar-refractivity contribution is 9.10. The number of hydrogen-bond donors (Lipinski definition) is 2. The molecule has 0 amide bonds. The van der Waals surface area contributed by atoms with Crippen LogP contribution >= 0.6 is 15.9 Å². The lowest BCUT2D eigenvalue weighted by atomic mass is 9.82. The first kappa shape index (κ1) is 19.9. The van der Waals surface area contributed by atoms with Gasteiger partial charge in [0.15, 0.2) is 6.20 Å². The van der Waals surface area contributed by atoms with E-state index < -0.39 is 4.92 Å². The van der Waals surface area contributed by atoms with E-state index in [0.29, 0.717) is 0 Å². The lowest BCUT2D eigenvalue weighted by Gasteiger charge is -2.35. The van der Waals surface area contributed by atoms with Gasteiger partial charge in [0, 0.05) is 18.0 Å². The zero-order chi connectivity index (χ0) is 16.5. The SMILES string of the molecule is CC.CC1(C)CNCCC1O.O=[N+]([O-])c1ccc(Br)cn1. The van der Waals surface area contributed by atoms with Gasteiger partial charge in [0.1, 0.15) is 0 Å². The molecule has 6 nitrogen and oxygen atoms in total. The van der Waals surface area contributed by atoms with Crippen LogP contribution in [0.2, 0.25) is 0 Å². The average Bonchev–Trinajstić information content (AvgIpc) is 2.45. The molecule has 2 N–H and O–H groups in total. The summed E-state index contributed by atoms with van der Waals surface area (Å²) in [7, 11) is 0. The lowest BCUT2D eigenvalue weighted by Crippen LogP contribution is -2.45. The summed E-state index contributed by atoms with van der Waals surface area (Å²) >= 11 is 3.11. The summed E-state index contributed by atoms with van der Waals surface area (Å²) in [5.41, 5.74) is 0.0816. The van der Waals surface area contributed by atoms with Gasteiger partial charge >= 0.3 is 5.82 Å². The van der Waals surface area contributed by atoms with E-state index in [1.54, 1.807) is 6.07 Å². The number of piperidine rings is 1. The Morgan fingerprint density at radius 3 is 2.43 bits per heavy atom. The quantitative estimate of drug-likeness (QED) is 0.592. The third kappa shape index (κ3) is 7.50. The van der Waals surface area contributed by atoms with E-state index in [2.05, 4.69) is 40.1 Å². The molecule has 2 heterocycles. The Morgan fingerprint density at radius 2 is 2.10 bits per heavy atom. The number of hydrogen-bond acceptors (Lipinski definition) is 5. The van der Waals surface area contributed by atoms with Gasteiger partial charge in [0.2, 0.25) is 0 Å². The number of rotatable bonds is 1. The van der Waals surface area contributed by atoms with Crippen LogP contribution in [0.1, 0.15) is 34.1 Å². The lowest BCUT2D eigenvalue weighted by molar-refractivity contribution is -0.389. The van der Waals surface area contributed by atoms with Crippen molar-refractivity contribution in [2.75, 3.05) is 13.1 Å². The van der Waals surface area contributed by atoms with Crippen LogP contribution in [0.5, 0.6) is 0 Å². The normalized spacial score (nSPS) is 19.4. The first-order valence-corrected chi connectivity index (χ1v) is 7.77. The number of nitrogens with one attached hydrogen (secondary N) is 1. The summed E-state index contributed by atoms with van der Waals surface area (Å²) in [5, 5.41) is 22.7. The van der Waals surface area contributed by atoms with Gasteiger partial charge in [-0.15, -0.1) is 0 Å². The van der Waals surface area contributed by atoms with Crippen LogP contribution in [0.3, 0.4) is 0 Å². The molecule has 2 rings (SSSR count). The van der Waals surface area contributed by atoms with Crippen molar-refractivity contribution in [1.82, 2.24) is 10.3 Å². The second kappa shape index (κ2) is 9.81. The number of aliphatic hydroxyl groups is 1. The van der Waals surface area contributed by atoms with E-state index in [-0.39, 0.29) is 17.3 Å². The smallest absolute Gasteiger partial charge is 0.363 e. The molecule has 0 bridgehead atoms. The van der Waals surface area contributed by atoms with Crippen molar-refractivity contribution >= 4 is 21.7 Å². The molecule has 7 heteroatoms. The minimum atomic E-state index is -0.535. The van der Waals surface area contributed by atoms with Gasteiger partial charge < -0.3 is 20.5 Å². The first-order valence-electron chi connectivity index (χ1n) is 6.97. The molecule has 0 spiro atoms. The van der Waals surface area contributed by atoms with Gasteiger partial charge in [-0.1, -0.05) is 27.7 Å². The summed E-state index contributed by atoms with van der Waals surface area (Å²) in [6, 6.07) is 2.91. The largest absolute Gasteiger partial charge is 0.392 e. The molecular weight excluding hydrogens is 338 g/mol. The van der Waals surface area contributed by atoms with Crippen molar-refractivity contribution < 1.29 is 10.0 Å². The monoisotopic (exact) mass is 361 g/mol. The molecular formula is C14H24BrN3O3. The van der Waals surface area contributed by atoms with E-state index in [0.717, 1.165) is 24.0 Å². The number of aromatic nitrogens is 1. The van der Waals surface area contributed by atoms with Crippen molar-refractivity contribution in [3.05, 3.63) is 32.9 Å². The fourth-order valence-corrected chi connectivity index (χ4v) is 1.87. The van der Waals surface area contributed by atoms with Crippen LogP contribution < -0.4 is 5.32 Å². The topological polar surface area (TPSA) is 88.3 Å². The molecule has 1 aliphatic rings. The average molecular weight is 362 g/mol. The van der Waals surface area contributed by atoms with Crippen LogP contribution in [0.4, 0.5) is 5.82 Å². The molecule has 1 atom stereocenters. The molecule has 1 aliphatic heterocycles. The molecule has 0 saturated carbocycles. The fourth-order valence-electron chi connectivity index (χ4n) is 1.63. The summed E-state index contributed by atoms with van der Waals surface area (Å²) < 4.78 is 0.734. The zero-order valence-corrected chi connectivity index (χ0v) is 14.6. The van der Waals surface area contributed by atoms with Gasteiger partial charge in [-0.3, -0.25) is 0 Å². The molecule has 1 aromatic rings.